The molecule has 0 saturated heterocycles. The highest BCUT2D eigenvalue weighted by Gasteiger charge is 2.20. The Morgan fingerprint density at radius 2 is 2.08 bits per heavy atom. The number of carbonyl (C=O) groups excluding carboxylic acids is 2. The fourth-order valence-corrected chi connectivity index (χ4v) is 2.00. The second-order valence-corrected chi connectivity index (χ2v) is 5.61. The molecule has 134 valence electrons. The molecule has 0 bridgehead atoms. The van der Waals surface area contributed by atoms with Crippen LogP contribution in [0.3, 0.4) is 0 Å². The minimum Gasteiger partial charge on any atom is -0.504 e. The van der Waals surface area contributed by atoms with E-state index < -0.39 is 12.0 Å². The zero-order valence-electron chi connectivity index (χ0n) is 14.4. The van der Waals surface area contributed by atoms with Crippen molar-refractivity contribution in [2.45, 2.75) is 32.7 Å². The van der Waals surface area contributed by atoms with E-state index in [0.29, 0.717) is 11.3 Å². The number of hydrogen-bond acceptors (Lipinski definition) is 6. The van der Waals surface area contributed by atoms with Crippen molar-refractivity contribution in [3.63, 3.8) is 0 Å². The predicted octanol–water partition coefficient (Wildman–Crippen LogP) is 0.976. The summed E-state index contributed by atoms with van der Waals surface area (Å²) in [5.41, 5.74) is 6.47. The molecule has 0 aliphatic carbocycles. The lowest BCUT2D eigenvalue weighted by molar-refractivity contribution is -0.146. The van der Waals surface area contributed by atoms with Crippen LogP contribution in [0.15, 0.2) is 18.2 Å². The maximum Gasteiger partial charge on any atom is 0.323 e. The van der Waals surface area contributed by atoms with E-state index in [1.165, 1.54) is 13.2 Å². The van der Waals surface area contributed by atoms with E-state index in [4.69, 9.17) is 15.2 Å². The molecule has 0 unspecified atom stereocenters. The second kappa shape index (κ2) is 9.77. The van der Waals surface area contributed by atoms with Crippen LogP contribution >= 0.6 is 0 Å². The first-order valence-corrected chi connectivity index (χ1v) is 7.93. The van der Waals surface area contributed by atoms with E-state index in [9.17, 15) is 14.7 Å². The Labute approximate surface area is 142 Å². The van der Waals surface area contributed by atoms with Crippen LogP contribution in [0.4, 0.5) is 0 Å². The molecule has 7 heteroatoms. The van der Waals surface area contributed by atoms with Gasteiger partial charge in [-0.3, -0.25) is 9.59 Å². The van der Waals surface area contributed by atoms with Gasteiger partial charge in [-0.2, -0.15) is 0 Å². The average molecular weight is 338 g/mol. The topological polar surface area (TPSA) is 111 Å². The van der Waals surface area contributed by atoms with Gasteiger partial charge in [0.15, 0.2) is 11.5 Å². The third kappa shape index (κ3) is 6.08. The minimum absolute atomic E-state index is 0.0196. The summed E-state index contributed by atoms with van der Waals surface area (Å²) < 4.78 is 10.0. The Morgan fingerprint density at radius 1 is 1.38 bits per heavy atom. The number of ether oxygens (including phenoxy) is 2. The highest BCUT2D eigenvalue weighted by Crippen LogP contribution is 2.26. The van der Waals surface area contributed by atoms with Gasteiger partial charge in [-0.05, 0) is 23.6 Å². The predicted molar refractivity (Wildman–Crippen MR) is 89.8 cm³/mol. The first-order chi connectivity index (χ1) is 11.4. The number of nitrogens with one attached hydrogen (secondary N) is 1. The van der Waals surface area contributed by atoms with Crippen LogP contribution in [0.2, 0.25) is 0 Å². The summed E-state index contributed by atoms with van der Waals surface area (Å²) in [5.74, 6) is -0.289. The maximum atomic E-state index is 11.9. The first kappa shape index (κ1) is 19.8. The van der Waals surface area contributed by atoms with Crippen molar-refractivity contribution in [3.05, 3.63) is 23.8 Å². The average Bonchev–Trinajstić information content (AvgIpc) is 2.58. The summed E-state index contributed by atoms with van der Waals surface area (Å²) >= 11 is 0. The van der Waals surface area contributed by atoms with Crippen LogP contribution in [0.5, 0.6) is 11.5 Å². The standard InChI is InChI=1S/C17H26N2O5/c1-4-11(2)16(18)17(22)24-8-7-19-15(21)10-12-5-6-13(20)14(9-12)23-3/h5-6,9,11,16,20H,4,7-8,10,18H2,1-3H3,(H,19,21)/t11-,16-/m0/s1. The van der Waals surface area contributed by atoms with Gasteiger partial charge >= 0.3 is 5.97 Å². The van der Waals surface area contributed by atoms with Crippen LogP contribution in [0.1, 0.15) is 25.8 Å². The quantitative estimate of drug-likeness (QED) is 0.457. The van der Waals surface area contributed by atoms with Crippen LogP contribution in [-0.2, 0) is 20.7 Å². The second-order valence-electron chi connectivity index (χ2n) is 5.61. The number of carbonyl (C=O) groups is 2. The van der Waals surface area contributed by atoms with Crippen molar-refractivity contribution in [2.24, 2.45) is 11.7 Å². The van der Waals surface area contributed by atoms with Gasteiger partial charge in [0.05, 0.1) is 20.1 Å². The molecule has 1 aromatic rings. The number of methoxy groups -OCH3 is 1. The van der Waals surface area contributed by atoms with E-state index in [1.54, 1.807) is 12.1 Å². The molecule has 0 fully saturated rings. The van der Waals surface area contributed by atoms with Crippen LogP contribution in [0, 0.1) is 5.92 Å². The summed E-state index contributed by atoms with van der Waals surface area (Å²) in [6.07, 6.45) is 0.931. The normalized spacial score (nSPS) is 13.0. The van der Waals surface area contributed by atoms with Gasteiger partial charge in [0.2, 0.25) is 5.91 Å². The molecular formula is C17H26N2O5. The molecule has 0 saturated carbocycles. The van der Waals surface area contributed by atoms with E-state index in [0.717, 1.165) is 6.42 Å². The van der Waals surface area contributed by atoms with Gasteiger partial charge < -0.3 is 25.6 Å². The molecule has 1 aromatic carbocycles. The Kier molecular flexibility index (Phi) is 8.05. The fraction of sp³-hybridized carbons (Fsp3) is 0.529. The maximum absolute atomic E-state index is 11.9. The first-order valence-electron chi connectivity index (χ1n) is 7.93. The van der Waals surface area contributed by atoms with Gasteiger partial charge in [0, 0.05) is 0 Å². The molecule has 7 nitrogen and oxygen atoms in total. The molecule has 0 aliphatic heterocycles. The molecular weight excluding hydrogens is 312 g/mol. The number of hydrogen-bond donors (Lipinski definition) is 3. The molecule has 1 rings (SSSR count). The van der Waals surface area contributed by atoms with Gasteiger partial charge in [0.1, 0.15) is 12.6 Å². The minimum atomic E-state index is -0.643. The van der Waals surface area contributed by atoms with Crippen molar-refractivity contribution in [1.82, 2.24) is 5.32 Å². The van der Waals surface area contributed by atoms with Gasteiger partial charge in [-0.15, -0.1) is 0 Å². The highest BCUT2D eigenvalue weighted by atomic mass is 16.5. The Balaban J connectivity index is 2.33. The number of phenols is 1. The number of benzene rings is 1. The van der Waals surface area contributed by atoms with Crippen molar-refractivity contribution in [1.29, 1.82) is 0 Å². The molecule has 4 N–H and O–H groups in total. The molecule has 0 aromatic heterocycles. The highest BCUT2D eigenvalue weighted by molar-refractivity contribution is 5.79. The molecule has 2 atom stereocenters. The summed E-state index contributed by atoms with van der Waals surface area (Å²) in [7, 11) is 1.44. The molecule has 0 radical (unpaired) electrons. The zero-order valence-corrected chi connectivity index (χ0v) is 14.4. The van der Waals surface area contributed by atoms with Crippen molar-refractivity contribution in [2.75, 3.05) is 20.3 Å². The van der Waals surface area contributed by atoms with E-state index in [2.05, 4.69) is 5.32 Å². The van der Waals surface area contributed by atoms with Crippen LogP contribution < -0.4 is 15.8 Å². The smallest absolute Gasteiger partial charge is 0.323 e. The lowest BCUT2D eigenvalue weighted by atomic mass is 10.0. The monoisotopic (exact) mass is 338 g/mol. The molecule has 0 heterocycles. The molecule has 24 heavy (non-hydrogen) atoms. The third-order valence-electron chi connectivity index (χ3n) is 3.81. The molecule has 1 amide bonds. The fourth-order valence-electron chi connectivity index (χ4n) is 2.00. The number of nitrogens with two attached hydrogens (primary N) is 1. The molecule has 0 spiro atoms. The Morgan fingerprint density at radius 3 is 2.71 bits per heavy atom. The van der Waals surface area contributed by atoms with E-state index in [1.807, 2.05) is 13.8 Å². The summed E-state index contributed by atoms with van der Waals surface area (Å²) in [5, 5.41) is 12.2. The number of esters is 1. The molecule has 0 aliphatic rings. The number of phenolic OH excluding ortho intramolecular Hbond substituents is 1. The van der Waals surface area contributed by atoms with Crippen LogP contribution in [-0.4, -0.2) is 43.3 Å². The number of aromatic hydroxyl groups is 1. The van der Waals surface area contributed by atoms with Crippen molar-refractivity contribution in [3.8, 4) is 11.5 Å². The summed E-state index contributed by atoms with van der Waals surface area (Å²) in [4.78, 5) is 23.5. The summed E-state index contributed by atoms with van der Waals surface area (Å²) in [6.45, 7) is 4.14. The lowest BCUT2D eigenvalue weighted by Crippen LogP contribution is -2.39. The van der Waals surface area contributed by atoms with Crippen molar-refractivity contribution >= 4 is 11.9 Å². The van der Waals surface area contributed by atoms with Crippen LogP contribution in [0.25, 0.3) is 0 Å². The Bertz CT molecular complexity index is 562. The van der Waals surface area contributed by atoms with Gasteiger partial charge in [-0.25, -0.2) is 0 Å². The van der Waals surface area contributed by atoms with Gasteiger partial charge in [0.25, 0.3) is 0 Å². The third-order valence-corrected chi connectivity index (χ3v) is 3.81. The Hall–Kier alpha value is -2.28. The number of rotatable bonds is 9. The summed E-state index contributed by atoms with van der Waals surface area (Å²) in [6, 6.07) is 4.07. The van der Waals surface area contributed by atoms with E-state index >= 15 is 0 Å². The SMILES string of the molecule is CC[C@H](C)[C@H](N)C(=O)OCCNC(=O)Cc1ccc(O)c(OC)c1. The zero-order chi connectivity index (χ0) is 18.1. The largest absolute Gasteiger partial charge is 0.504 e. The van der Waals surface area contributed by atoms with Gasteiger partial charge in [-0.1, -0.05) is 26.3 Å². The van der Waals surface area contributed by atoms with E-state index in [-0.39, 0.29) is 37.1 Å². The number of amides is 1. The van der Waals surface area contributed by atoms with Crippen molar-refractivity contribution < 1.29 is 24.2 Å². The lowest BCUT2D eigenvalue weighted by Gasteiger charge is -2.16.